The third-order valence-electron chi connectivity index (χ3n) is 3.80. The molecule has 1 aromatic carbocycles. The number of thiophene rings is 1. The monoisotopic (exact) mass is 471 g/mol. The number of nitrogens with zero attached hydrogens (tertiary/aromatic N) is 3. The number of rotatable bonds is 5. The first-order valence-corrected chi connectivity index (χ1v) is 10.8. The summed E-state index contributed by atoms with van der Waals surface area (Å²) >= 11 is 6.33. The van der Waals surface area contributed by atoms with E-state index in [2.05, 4.69) is 26.1 Å². The van der Waals surface area contributed by atoms with Crippen molar-refractivity contribution in [3.63, 3.8) is 0 Å². The molecule has 2 aromatic heterocycles. The summed E-state index contributed by atoms with van der Waals surface area (Å²) in [6, 6.07) is 15.3. The van der Waals surface area contributed by atoms with Crippen LogP contribution >= 0.6 is 39.0 Å². The maximum atomic E-state index is 12.9. The predicted molar refractivity (Wildman–Crippen MR) is 118 cm³/mol. The maximum Gasteiger partial charge on any atom is 0.267 e. The van der Waals surface area contributed by atoms with Gasteiger partial charge in [0.05, 0.1) is 23.9 Å². The molecule has 8 heteroatoms. The van der Waals surface area contributed by atoms with Gasteiger partial charge in [-0.2, -0.15) is 5.10 Å². The molecular formula is C20H14BrN3O2S2. The van der Waals surface area contributed by atoms with Crippen molar-refractivity contribution in [3.05, 3.63) is 85.8 Å². The Morgan fingerprint density at radius 1 is 1.18 bits per heavy atom. The van der Waals surface area contributed by atoms with Crippen LogP contribution in [-0.4, -0.2) is 22.2 Å². The topological polar surface area (TPSA) is 58.2 Å². The van der Waals surface area contributed by atoms with Crippen molar-refractivity contribution in [1.29, 1.82) is 0 Å². The molecule has 0 N–H and O–H groups in total. The number of amides is 1. The lowest BCUT2D eigenvalue weighted by atomic mass is 10.2. The van der Waals surface area contributed by atoms with Crippen molar-refractivity contribution in [3.8, 4) is 0 Å². The minimum absolute atomic E-state index is 0.105. The zero-order valence-corrected chi connectivity index (χ0v) is 17.7. The van der Waals surface area contributed by atoms with E-state index in [1.165, 1.54) is 11.8 Å². The summed E-state index contributed by atoms with van der Waals surface area (Å²) < 4.78 is 6.37. The largest absolute Gasteiger partial charge is 0.467 e. The number of furan rings is 1. The summed E-state index contributed by atoms with van der Waals surface area (Å²) in [5.74, 6) is 0.584. The van der Waals surface area contributed by atoms with Crippen molar-refractivity contribution >= 4 is 62.4 Å². The van der Waals surface area contributed by atoms with Crippen LogP contribution in [0.25, 0.3) is 6.08 Å². The van der Waals surface area contributed by atoms with Crippen LogP contribution < -0.4 is 0 Å². The second-order valence-corrected chi connectivity index (χ2v) is 8.68. The van der Waals surface area contributed by atoms with E-state index < -0.39 is 0 Å². The summed E-state index contributed by atoms with van der Waals surface area (Å²) in [6.07, 6.45) is 5.13. The Bertz CT molecular complexity index is 1060. The summed E-state index contributed by atoms with van der Waals surface area (Å²) in [4.78, 5) is 16.1. The molecule has 0 saturated carbocycles. The second-order valence-electron chi connectivity index (χ2n) is 5.78. The second kappa shape index (κ2) is 8.72. The Morgan fingerprint density at radius 2 is 2.11 bits per heavy atom. The van der Waals surface area contributed by atoms with Crippen LogP contribution in [0.5, 0.6) is 0 Å². The Labute approximate surface area is 178 Å². The van der Waals surface area contributed by atoms with E-state index in [0.29, 0.717) is 22.4 Å². The Kier molecular flexibility index (Phi) is 5.90. The quantitative estimate of drug-likeness (QED) is 0.276. The molecule has 1 fully saturated rings. The fourth-order valence-electron chi connectivity index (χ4n) is 2.51. The van der Waals surface area contributed by atoms with Crippen molar-refractivity contribution in [1.82, 2.24) is 4.90 Å². The van der Waals surface area contributed by atoms with E-state index in [4.69, 9.17) is 4.42 Å². The summed E-state index contributed by atoms with van der Waals surface area (Å²) in [5.41, 5.74) is 0.917. The molecule has 0 bridgehead atoms. The van der Waals surface area contributed by atoms with Gasteiger partial charge in [0.25, 0.3) is 5.91 Å². The van der Waals surface area contributed by atoms with Crippen molar-refractivity contribution in [2.24, 2.45) is 10.2 Å². The van der Waals surface area contributed by atoms with Crippen LogP contribution in [0.4, 0.5) is 0 Å². The van der Waals surface area contributed by atoms with Crippen LogP contribution in [0.2, 0.25) is 0 Å². The highest BCUT2D eigenvalue weighted by atomic mass is 79.9. The molecule has 1 aliphatic rings. The van der Waals surface area contributed by atoms with Gasteiger partial charge in [-0.05, 0) is 59.1 Å². The van der Waals surface area contributed by atoms with Gasteiger partial charge in [0.1, 0.15) is 5.76 Å². The molecule has 0 atom stereocenters. The molecule has 5 nitrogen and oxygen atoms in total. The molecule has 0 unspecified atom stereocenters. The molecule has 140 valence electrons. The number of carbonyl (C=O) groups excluding carboxylic acids is 1. The van der Waals surface area contributed by atoms with Crippen molar-refractivity contribution in [2.45, 2.75) is 6.54 Å². The molecule has 1 amide bonds. The Hall–Kier alpha value is -2.42. The van der Waals surface area contributed by atoms with Crippen molar-refractivity contribution < 1.29 is 9.21 Å². The van der Waals surface area contributed by atoms with E-state index in [0.717, 1.165) is 14.9 Å². The molecule has 0 radical (unpaired) electrons. The van der Waals surface area contributed by atoms with Gasteiger partial charge >= 0.3 is 0 Å². The number of hydrogen-bond acceptors (Lipinski definition) is 6. The molecule has 0 spiro atoms. The standard InChI is InChI=1S/C20H14BrN3O2S2/c21-15-5-1-4-14(10-15)12-22-23-20-24(13-16-6-2-8-26-16)19(25)18(28-20)11-17-7-3-9-27-17/h1-12H,13H2/b18-11-,22-12+,23-20-. The first kappa shape index (κ1) is 18.9. The SMILES string of the molecule is O=C1/C(=C/c2cccs2)S/C(=N\N=C\c2cccc(Br)c2)N1Cc1ccco1. The lowest BCUT2D eigenvalue weighted by Crippen LogP contribution is -2.28. The molecule has 3 aromatic rings. The van der Waals surface area contributed by atoms with E-state index in [9.17, 15) is 4.79 Å². The van der Waals surface area contributed by atoms with Gasteiger partial charge in [0, 0.05) is 9.35 Å². The first-order chi connectivity index (χ1) is 13.7. The highest BCUT2D eigenvalue weighted by Crippen LogP contribution is 2.34. The van der Waals surface area contributed by atoms with Gasteiger partial charge in [0.15, 0.2) is 5.17 Å². The third kappa shape index (κ3) is 4.52. The average Bonchev–Trinajstić information content (AvgIpc) is 3.42. The fourth-order valence-corrected chi connectivity index (χ4v) is 4.59. The van der Waals surface area contributed by atoms with Crippen LogP contribution in [0, 0.1) is 0 Å². The minimum atomic E-state index is -0.105. The van der Waals surface area contributed by atoms with E-state index in [1.54, 1.807) is 34.8 Å². The highest BCUT2D eigenvalue weighted by Gasteiger charge is 2.34. The number of thioether (sulfide) groups is 1. The van der Waals surface area contributed by atoms with Crippen LogP contribution in [0.1, 0.15) is 16.2 Å². The van der Waals surface area contributed by atoms with Gasteiger partial charge in [0.2, 0.25) is 0 Å². The van der Waals surface area contributed by atoms with E-state index >= 15 is 0 Å². The van der Waals surface area contributed by atoms with Gasteiger partial charge in [-0.3, -0.25) is 9.69 Å². The molecule has 0 aliphatic carbocycles. The zero-order chi connectivity index (χ0) is 19.3. The number of benzene rings is 1. The van der Waals surface area contributed by atoms with Crippen LogP contribution in [-0.2, 0) is 11.3 Å². The smallest absolute Gasteiger partial charge is 0.267 e. The molecule has 4 rings (SSSR count). The summed E-state index contributed by atoms with van der Waals surface area (Å²) in [6.45, 7) is 0.311. The molecular weight excluding hydrogens is 458 g/mol. The number of amidine groups is 1. The normalized spacial score (nSPS) is 17.5. The van der Waals surface area contributed by atoms with E-state index in [1.807, 2.05) is 53.9 Å². The number of carbonyl (C=O) groups is 1. The zero-order valence-electron chi connectivity index (χ0n) is 14.5. The molecule has 3 heterocycles. The number of hydrogen-bond donors (Lipinski definition) is 0. The van der Waals surface area contributed by atoms with Crippen LogP contribution in [0.15, 0.2) is 84.2 Å². The Balaban J connectivity index is 1.61. The number of halogens is 1. The Morgan fingerprint density at radius 3 is 2.86 bits per heavy atom. The van der Waals surface area contributed by atoms with Crippen LogP contribution in [0.3, 0.4) is 0 Å². The average molecular weight is 472 g/mol. The van der Waals surface area contributed by atoms with Gasteiger partial charge in [-0.15, -0.1) is 16.4 Å². The van der Waals surface area contributed by atoms with Gasteiger partial charge < -0.3 is 4.42 Å². The summed E-state index contributed by atoms with van der Waals surface area (Å²) in [7, 11) is 0. The third-order valence-corrected chi connectivity index (χ3v) is 6.11. The molecule has 1 saturated heterocycles. The predicted octanol–water partition coefficient (Wildman–Crippen LogP) is 5.61. The lowest BCUT2D eigenvalue weighted by Gasteiger charge is -2.12. The lowest BCUT2D eigenvalue weighted by molar-refractivity contribution is -0.122. The van der Waals surface area contributed by atoms with Crippen molar-refractivity contribution in [2.75, 3.05) is 0 Å². The molecule has 1 aliphatic heterocycles. The summed E-state index contributed by atoms with van der Waals surface area (Å²) in [5, 5.41) is 11.0. The fraction of sp³-hybridized carbons (Fsp3) is 0.0500. The minimum Gasteiger partial charge on any atom is -0.467 e. The van der Waals surface area contributed by atoms with Gasteiger partial charge in [-0.25, -0.2) is 0 Å². The molecule has 28 heavy (non-hydrogen) atoms. The van der Waals surface area contributed by atoms with E-state index in [-0.39, 0.29) is 5.91 Å². The highest BCUT2D eigenvalue weighted by molar-refractivity contribution is 9.10. The van der Waals surface area contributed by atoms with Gasteiger partial charge in [-0.1, -0.05) is 34.1 Å². The first-order valence-electron chi connectivity index (χ1n) is 8.33. The maximum absolute atomic E-state index is 12.9.